The summed E-state index contributed by atoms with van der Waals surface area (Å²) in [6.45, 7) is 3.55. The summed E-state index contributed by atoms with van der Waals surface area (Å²) < 4.78 is 5.33. The third kappa shape index (κ3) is 3.36. The highest BCUT2D eigenvalue weighted by atomic mass is 16.5. The van der Waals surface area contributed by atoms with Gasteiger partial charge in [0, 0.05) is 5.92 Å². The number of carbonyl (C=O) groups excluding carboxylic acids is 2. The van der Waals surface area contributed by atoms with Gasteiger partial charge in [-0.05, 0) is 28.2 Å². The molecule has 1 atom stereocenters. The number of amides is 1. The largest absolute Gasteiger partial charge is 0.449 e. The van der Waals surface area contributed by atoms with Crippen LogP contribution in [0.2, 0.25) is 0 Å². The zero-order valence-electron chi connectivity index (χ0n) is 14.2. The molecule has 1 aliphatic carbocycles. The van der Waals surface area contributed by atoms with Crippen LogP contribution < -0.4 is 5.32 Å². The van der Waals surface area contributed by atoms with E-state index in [1.54, 1.807) is 13.8 Å². The van der Waals surface area contributed by atoms with E-state index >= 15 is 0 Å². The third-order valence-electron chi connectivity index (χ3n) is 4.54. The van der Waals surface area contributed by atoms with E-state index in [1.807, 2.05) is 36.4 Å². The summed E-state index contributed by atoms with van der Waals surface area (Å²) >= 11 is 0. The lowest BCUT2D eigenvalue weighted by atomic mass is 9.98. The number of hydrogen-bond donors (Lipinski definition) is 1. The number of nitrogens with one attached hydrogen (secondary N) is 1. The van der Waals surface area contributed by atoms with Crippen molar-refractivity contribution in [3.05, 3.63) is 59.7 Å². The molecule has 2 aromatic carbocycles. The molecular weight excluding hydrogens is 318 g/mol. The van der Waals surface area contributed by atoms with Crippen LogP contribution in [-0.2, 0) is 14.6 Å². The van der Waals surface area contributed by atoms with E-state index in [0.29, 0.717) is 0 Å². The first-order chi connectivity index (χ1) is 12.0. The molecule has 0 bridgehead atoms. The molecule has 5 heteroatoms. The Hall–Kier alpha value is -2.82. The van der Waals surface area contributed by atoms with Gasteiger partial charge in [-0.3, -0.25) is 0 Å². The van der Waals surface area contributed by atoms with Crippen LogP contribution in [0.25, 0.3) is 11.1 Å². The first kappa shape index (κ1) is 17.0. The maximum Gasteiger partial charge on any atom is 0.407 e. The molecule has 0 aliphatic heterocycles. The molecule has 0 saturated heterocycles. The van der Waals surface area contributed by atoms with Gasteiger partial charge >= 0.3 is 12.1 Å². The van der Waals surface area contributed by atoms with Crippen LogP contribution in [-0.4, -0.2) is 24.7 Å². The SMILES string of the molecule is CC(C)[C@H](NC(=O)OCC1c2ccccc2-c2ccccc21)C([O])=O. The highest BCUT2D eigenvalue weighted by molar-refractivity contribution is 5.81. The molecule has 0 fully saturated rings. The van der Waals surface area contributed by atoms with E-state index in [9.17, 15) is 14.7 Å². The number of alkyl carbamates (subject to hydrolysis) is 1. The monoisotopic (exact) mass is 338 g/mol. The smallest absolute Gasteiger partial charge is 0.407 e. The van der Waals surface area contributed by atoms with Crippen molar-refractivity contribution >= 4 is 12.1 Å². The zero-order chi connectivity index (χ0) is 18.0. The van der Waals surface area contributed by atoms with Crippen LogP contribution in [0.15, 0.2) is 48.5 Å². The normalized spacial score (nSPS) is 13.9. The highest BCUT2D eigenvalue weighted by Gasteiger charge is 2.30. The molecule has 1 N–H and O–H groups in total. The minimum atomic E-state index is -1.32. The van der Waals surface area contributed by atoms with Crippen molar-refractivity contribution in [2.75, 3.05) is 6.61 Å². The molecule has 5 nitrogen and oxygen atoms in total. The van der Waals surface area contributed by atoms with Crippen LogP contribution in [0.3, 0.4) is 0 Å². The van der Waals surface area contributed by atoms with Crippen LogP contribution in [0.5, 0.6) is 0 Å². The molecule has 2 aromatic rings. The van der Waals surface area contributed by atoms with Crippen molar-refractivity contribution in [3.63, 3.8) is 0 Å². The van der Waals surface area contributed by atoms with Crippen molar-refractivity contribution in [1.29, 1.82) is 0 Å². The van der Waals surface area contributed by atoms with Crippen LogP contribution in [0.4, 0.5) is 4.79 Å². The Balaban J connectivity index is 1.73. The number of fused-ring (bicyclic) bond motifs is 3. The maximum atomic E-state index is 12.0. The number of ether oxygens (including phenoxy) is 1. The van der Waals surface area contributed by atoms with Gasteiger partial charge in [0.15, 0.2) is 0 Å². The van der Waals surface area contributed by atoms with Crippen LogP contribution in [0, 0.1) is 5.92 Å². The van der Waals surface area contributed by atoms with E-state index in [4.69, 9.17) is 4.74 Å². The van der Waals surface area contributed by atoms with Crippen molar-refractivity contribution in [1.82, 2.24) is 5.32 Å². The molecule has 0 unspecified atom stereocenters. The average molecular weight is 338 g/mol. The van der Waals surface area contributed by atoms with Crippen LogP contribution in [0.1, 0.15) is 30.9 Å². The lowest BCUT2D eigenvalue weighted by Crippen LogP contribution is -2.44. The molecule has 1 radical (unpaired) electrons. The lowest BCUT2D eigenvalue weighted by molar-refractivity contribution is -0.146. The molecule has 0 heterocycles. The van der Waals surface area contributed by atoms with Gasteiger partial charge in [-0.1, -0.05) is 62.4 Å². The Labute approximate surface area is 146 Å². The molecule has 1 aliphatic rings. The molecular formula is C20H20NO4. The molecule has 0 saturated carbocycles. The zero-order valence-corrected chi connectivity index (χ0v) is 14.2. The summed E-state index contributed by atoms with van der Waals surface area (Å²) in [7, 11) is 0. The van der Waals surface area contributed by atoms with E-state index < -0.39 is 18.1 Å². The Morgan fingerprint density at radius 3 is 2.00 bits per heavy atom. The van der Waals surface area contributed by atoms with E-state index in [2.05, 4.69) is 17.4 Å². The Morgan fingerprint density at radius 1 is 1.00 bits per heavy atom. The third-order valence-corrected chi connectivity index (χ3v) is 4.54. The van der Waals surface area contributed by atoms with Gasteiger partial charge in [0.05, 0.1) is 0 Å². The first-order valence-electron chi connectivity index (χ1n) is 8.31. The summed E-state index contributed by atoms with van der Waals surface area (Å²) in [5.74, 6) is -1.66. The Kier molecular flexibility index (Phi) is 4.74. The lowest BCUT2D eigenvalue weighted by Gasteiger charge is -2.18. The summed E-state index contributed by atoms with van der Waals surface area (Å²) in [5.41, 5.74) is 4.50. The second kappa shape index (κ2) is 6.97. The van der Waals surface area contributed by atoms with Gasteiger partial charge in [0.1, 0.15) is 12.6 Å². The van der Waals surface area contributed by atoms with Gasteiger partial charge in [0.2, 0.25) is 0 Å². The molecule has 3 rings (SSSR count). The average Bonchev–Trinajstić information content (AvgIpc) is 2.91. The number of hydrogen-bond acceptors (Lipinski definition) is 3. The van der Waals surface area contributed by atoms with Crippen molar-refractivity contribution in [2.24, 2.45) is 5.92 Å². The standard InChI is InChI=1S/C20H20NO4/c1-12(2)18(19(22)23)21-20(24)25-11-17-15-9-5-3-7-13(15)14-8-4-6-10-16(14)17/h3-10,12,17-18H,11H2,1-2H3,(H,21,24)/t18-/m0/s1. The minimum Gasteiger partial charge on any atom is -0.449 e. The first-order valence-corrected chi connectivity index (χ1v) is 8.31. The number of rotatable bonds is 5. The summed E-state index contributed by atoms with van der Waals surface area (Å²) in [5, 5.41) is 13.4. The van der Waals surface area contributed by atoms with Crippen molar-refractivity contribution in [3.8, 4) is 11.1 Å². The fourth-order valence-electron chi connectivity index (χ4n) is 3.26. The van der Waals surface area contributed by atoms with Crippen LogP contribution >= 0.6 is 0 Å². The van der Waals surface area contributed by atoms with E-state index in [1.165, 1.54) is 0 Å². The number of carbonyl (C=O) groups is 2. The quantitative estimate of drug-likeness (QED) is 0.906. The predicted molar refractivity (Wildman–Crippen MR) is 92.5 cm³/mol. The topological polar surface area (TPSA) is 75.3 Å². The molecule has 0 aromatic heterocycles. The Morgan fingerprint density at radius 2 is 1.52 bits per heavy atom. The fraction of sp³-hybridized carbons (Fsp3) is 0.300. The number of benzene rings is 2. The fourth-order valence-corrected chi connectivity index (χ4v) is 3.26. The van der Waals surface area contributed by atoms with Gasteiger partial charge in [-0.15, -0.1) is 0 Å². The van der Waals surface area contributed by atoms with Gasteiger partial charge < -0.3 is 10.1 Å². The summed E-state index contributed by atoms with van der Waals surface area (Å²) in [6, 6.07) is 15.0. The summed E-state index contributed by atoms with van der Waals surface area (Å²) in [6.07, 6.45) is -0.746. The van der Waals surface area contributed by atoms with E-state index in [-0.39, 0.29) is 18.4 Å². The molecule has 0 spiro atoms. The highest BCUT2D eigenvalue weighted by Crippen LogP contribution is 2.44. The molecule has 1 amide bonds. The maximum absolute atomic E-state index is 12.0. The van der Waals surface area contributed by atoms with Crippen molar-refractivity contribution < 1.29 is 19.4 Å². The van der Waals surface area contributed by atoms with Gasteiger partial charge in [-0.25, -0.2) is 14.7 Å². The Bertz CT molecular complexity index is 754. The second-order valence-electron chi connectivity index (χ2n) is 6.51. The minimum absolute atomic E-state index is 0.0568. The van der Waals surface area contributed by atoms with Crippen molar-refractivity contribution in [2.45, 2.75) is 25.8 Å². The van der Waals surface area contributed by atoms with Gasteiger partial charge in [-0.2, -0.15) is 0 Å². The van der Waals surface area contributed by atoms with E-state index in [0.717, 1.165) is 22.3 Å². The second-order valence-corrected chi connectivity index (χ2v) is 6.51. The molecule has 129 valence electrons. The summed E-state index contributed by atoms with van der Waals surface area (Å²) in [4.78, 5) is 23.1. The van der Waals surface area contributed by atoms with Gasteiger partial charge in [0.25, 0.3) is 0 Å². The molecule has 25 heavy (non-hydrogen) atoms. The predicted octanol–water partition coefficient (Wildman–Crippen LogP) is 3.51.